The van der Waals surface area contributed by atoms with Crippen LogP contribution in [0, 0.1) is 5.41 Å². The molecule has 0 saturated heterocycles. The fourth-order valence-electron chi connectivity index (χ4n) is 1.45. The summed E-state index contributed by atoms with van der Waals surface area (Å²) in [5.74, 6) is 0.723. The Hall–Kier alpha value is -1.38. The lowest BCUT2D eigenvalue weighted by molar-refractivity contribution is 0.389. The molecule has 0 aliphatic rings. The molecule has 1 aromatic rings. The van der Waals surface area contributed by atoms with E-state index in [0.29, 0.717) is 11.1 Å². The van der Waals surface area contributed by atoms with Crippen molar-refractivity contribution < 1.29 is 4.74 Å². The van der Waals surface area contributed by atoms with Gasteiger partial charge in [0, 0.05) is 6.54 Å². The minimum Gasteiger partial charge on any atom is -0.495 e. The predicted molar refractivity (Wildman–Crippen MR) is 70.0 cm³/mol. The summed E-state index contributed by atoms with van der Waals surface area (Å²) in [6.45, 7) is 7.59. The fourth-order valence-corrected chi connectivity index (χ4v) is 1.45. The Morgan fingerprint density at radius 3 is 2.56 bits per heavy atom. The third kappa shape index (κ3) is 3.65. The van der Waals surface area contributed by atoms with Crippen molar-refractivity contribution in [3.63, 3.8) is 0 Å². The molecule has 1 rings (SSSR count). The molecule has 0 amide bonds. The van der Waals surface area contributed by atoms with Crippen molar-refractivity contribution in [1.29, 1.82) is 0 Å². The summed E-state index contributed by atoms with van der Waals surface area (Å²) in [4.78, 5) is 0. The number of hydrogen-bond donors (Lipinski definition) is 2. The smallest absolute Gasteiger partial charge is 0.143 e. The lowest BCUT2D eigenvalue weighted by atomic mass is 9.92. The van der Waals surface area contributed by atoms with E-state index in [2.05, 4.69) is 26.1 Å². The van der Waals surface area contributed by atoms with Crippen LogP contribution in [0.4, 0.5) is 11.4 Å². The number of benzene rings is 1. The van der Waals surface area contributed by atoms with Crippen LogP contribution in [0.1, 0.15) is 27.2 Å². The maximum atomic E-state index is 5.96. The molecule has 16 heavy (non-hydrogen) atoms. The zero-order chi connectivity index (χ0) is 12.2. The molecule has 0 spiro atoms. The van der Waals surface area contributed by atoms with Crippen LogP contribution < -0.4 is 15.8 Å². The fraction of sp³-hybridized carbons (Fsp3) is 0.538. The van der Waals surface area contributed by atoms with Gasteiger partial charge in [-0.25, -0.2) is 0 Å². The maximum absolute atomic E-state index is 5.96. The van der Waals surface area contributed by atoms with Crippen molar-refractivity contribution in [2.75, 3.05) is 24.7 Å². The highest BCUT2D eigenvalue weighted by molar-refractivity contribution is 5.72. The first-order valence-corrected chi connectivity index (χ1v) is 5.60. The lowest BCUT2D eigenvalue weighted by Gasteiger charge is -2.19. The van der Waals surface area contributed by atoms with Crippen LogP contribution in [-0.4, -0.2) is 13.7 Å². The van der Waals surface area contributed by atoms with E-state index in [9.17, 15) is 0 Å². The maximum Gasteiger partial charge on any atom is 0.143 e. The summed E-state index contributed by atoms with van der Waals surface area (Å²) >= 11 is 0. The average Bonchev–Trinajstić information content (AvgIpc) is 2.19. The molecule has 0 bridgehead atoms. The van der Waals surface area contributed by atoms with E-state index in [0.717, 1.165) is 24.4 Å². The molecule has 1 aromatic carbocycles. The van der Waals surface area contributed by atoms with Gasteiger partial charge in [0.15, 0.2) is 0 Å². The highest BCUT2D eigenvalue weighted by Gasteiger charge is 2.10. The second kappa shape index (κ2) is 5.10. The summed E-state index contributed by atoms with van der Waals surface area (Å²) in [6.07, 6.45) is 1.10. The molecule has 0 aliphatic carbocycles. The van der Waals surface area contributed by atoms with Gasteiger partial charge in [0.1, 0.15) is 5.75 Å². The van der Waals surface area contributed by atoms with Crippen molar-refractivity contribution in [1.82, 2.24) is 0 Å². The summed E-state index contributed by atoms with van der Waals surface area (Å²) in [7, 11) is 1.63. The number of rotatable bonds is 4. The molecule has 90 valence electrons. The monoisotopic (exact) mass is 222 g/mol. The van der Waals surface area contributed by atoms with Crippen LogP contribution in [0.3, 0.4) is 0 Å². The van der Waals surface area contributed by atoms with E-state index >= 15 is 0 Å². The SMILES string of the molecule is COc1cccc(NCCC(C)(C)C)c1N. The number of para-hydroxylation sites is 1. The molecule has 0 heterocycles. The second-order valence-corrected chi connectivity index (χ2v) is 5.16. The molecule has 0 radical (unpaired) electrons. The van der Waals surface area contributed by atoms with Crippen molar-refractivity contribution in [3.05, 3.63) is 18.2 Å². The number of nitrogens with one attached hydrogen (secondary N) is 1. The Morgan fingerprint density at radius 2 is 2.00 bits per heavy atom. The van der Waals surface area contributed by atoms with E-state index in [-0.39, 0.29) is 0 Å². The molecule has 3 nitrogen and oxygen atoms in total. The van der Waals surface area contributed by atoms with Gasteiger partial charge in [0.25, 0.3) is 0 Å². The van der Waals surface area contributed by atoms with Crippen molar-refractivity contribution in [2.24, 2.45) is 5.41 Å². The number of hydrogen-bond acceptors (Lipinski definition) is 3. The number of ether oxygens (including phenoxy) is 1. The Morgan fingerprint density at radius 1 is 1.31 bits per heavy atom. The largest absolute Gasteiger partial charge is 0.495 e. The normalized spacial score (nSPS) is 11.2. The van der Waals surface area contributed by atoms with E-state index in [4.69, 9.17) is 10.5 Å². The van der Waals surface area contributed by atoms with E-state index in [1.807, 2.05) is 18.2 Å². The molecule has 3 N–H and O–H groups in total. The zero-order valence-electron chi connectivity index (χ0n) is 10.6. The summed E-state index contributed by atoms with van der Waals surface area (Å²) in [6, 6.07) is 5.78. The number of nitrogens with two attached hydrogens (primary N) is 1. The first kappa shape index (κ1) is 12.7. The van der Waals surface area contributed by atoms with Gasteiger partial charge in [0.2, 0.25) is 0 Å². The van der Waals surface area contributed by atoms with Gasteiger partial charge in [-0.2, -0.15) is 0 Å². The van der Waals surface area contributed by atoms with Crippen LogP contribution in [0.5, 0.6) is 5.75 Å². The van der Waals surface area contributed by atoms with Crippen LogP contribution >= 0.6 is 0 Å². The summed E-state index contributed by atoms with van der Waals surface area (Å²) in [5.41, 5.74) is 7.92. The Kier molecular flexibility index (Phi) is 4.05. The Labute approximate surface area is 98.0 Å². The highest BCUT2D eigenvalue weighted by atomic mass is 16.5. The van der Waals surface area contributed by atoms with Crippen molar-refractivity contribution >= 4 is 11.4 Å². The lowest BCUT2D eigenvalue weighted by Crippen LogP contribution is -2.13. The molecular weight excluding hydrogens is 200 g/mol. The van der Waals surface area contributed by atoms with Gasteiger partial charge in [-0.3, -0.25) is 0 Å². The van der Waals surface area contributed by atoms with E-state index in [1.54, 1.807) is 7.11 Å². The first-order valence-electron chi connectivity index (χ1n) is 5.60. The second-order valence-electron chi connectivity index (χ2n) is 5.16. The summed E-state index contributed by atoms with van der Waals surface area (Å²) < 4.78 is 5.17. The first-order chi connectivity index (χ1) is 7.44. The van der Waals surface area contributed by atoms with E-state index in [1.165, 1.54) is 0 Å². The quantitative estimate of drug-likeness (QED) is 0.769. The highest BCUT2D eigenvalue weighted by Crippen LogP contribution is 2.29. The van der Waals surface area contributed by atoms with Crippen LogP contribution in [0.25, 0.3) is 0 Å². The molecular formula is C13H22N2O. The molecule has 0 fully saturated rings. The number of anilines is 2. The van der Waals surface area contributed by atoms with Gasteiger partial charge in [-0.15, -0.1) is 0 Å². The minimum atomic E-state index is 0.334. The Bertz CT molecular complexity index is 342. The topological polar surface area (TPSA) is 47.3 Å². The molecule has 0 atom stereocenters. The third-order valence-electron chi connectivity index (χ3n) is 2.48. The molecule has 0 unspecified atom stereocenters. The summed E-state index contributed by atoms with van der Waals surface area (Å²) in [5, 5.41) is 3.34. The van der Waals surface area contributed by atoms with E-state index < -0.39 is 0 Å². The van der Waals surface area contributed by atoms with Crippen molar-refractivity contribution in [3.8, 4) is 5.75 Å². The predicted octanol–water partition coefficient (Wildman–Crippen LogP) is 3.13. The van der Waals surface area contributed by atoms with Crippen LogP contribution in [-0.2, 0) is 0 Å². The van der Waals surface area contributed by atoms with Crippen molar-refractivity contribution in [2.45, 2.75) is 27.2 Å². The molecule has 0 saturated carbocycles. The van der Waals surface area contributed by atoms with Gasteiger partial charge in [0.05, 0.1) is 18.5 Å². The van der Waals surface area contributed by atoms with Crippen LogP contribution in [0.2, 0.25) is 0 Å². The van der Waals surface area contributed by atoms with Gasteiger partial charge < -0.3 is 15.8 Å². The molecule has 3 heteroatoms. The van der Waals surface area contributed by atoms with Crippen LogP contribution in [0.15, 0.2) is 18.2 Å². The van der Waals surface area contributed by atoms with Gasteiger partial charge in [-0.05, 0) is 24.0 Å². The number of nitrogen functional groups attached to an aromatic ring is 1. The average molecular weight is 222 g/mol. The van der Waals surface area contributed by atoms with Gasteiger partial charge in [-0.1, -0.05) is 26.8 Å². The third-order valence-corrected chi connectivity index (χ3v) is 2.48. The minimum absolute atomic E-state index is 0.334. The number of methoxy groups -OCH3 is 1. The zero-order valence-corrected chi connectivity index (χ0v) is 10.6. The molecule has 0 aromatic heterocycles. The Balaban J connectivity index is 2.61. The van der Waals surface area contributed by atoms with Gasteiger partial charge >= 0.3 is 0 Å². The standard InChI is InChI=1S/C13H22N2O/c1-13(2,3)8-9-15-10-6-5-7-11(16-4)12(10)14/h5-7,15H,8-9,14H2,1-4H3. The molecule has 0 aliphatic heterocycles.